The third kappa shape index (κ3) is 3.53. The van der Waals surface area contributed by atoms with E-state index in [-0.39, 0.29) is 0 Å². The standard InChI is InChI=1S/C22H28N4O/c27-21-8-10-22(16-26(21)20-6-7-20)9-1-12-24(15-22)14-18-2-4-19(5-3-18)25-13-11-23-17-25/h2-5,11,13,17,20H,1,6-10,12,14-16H2. The van der Waals surface area contributed by atoms with Crippen LogP contribution >= 0.6 is 0 Å². The van der Waals surface area contributed by atoms with Gasteiger partial charge in [-0.3, -0.25) is 9.69 Å². The topological polar surface area (TPSA) is 41.4 Å². The lowest BCUT2D eigenvalue weighted by Crippen LogP contribution is -2.54. The molecule has 5 rings (SSSR count). The molecule has 5 heteroatoms. The Kier molecular flexibility index (Phi) is 4.27. The molecule has 3 fully saturated rings. The van der Waals surface area contributed by atoms with E-state index in [0.29, 0.717) is 17.4 Å². The van der Waals surface area contributed by atoms with E-state index in [1.54, 1.807) is 6.20 Å². The minimum atomic E-state index is 0.325. The van der Waals surface area contributed by atoms with Gasteiger partial charge in [-0.2, -0.15) is 0 Å². The van der Waals surface area contributed by atoms with Gasteiger partial charge in [-0.15, -0.1) is 0 Å². The summed E-state index contributed by atoms with van der Waals surface area (Å²) >= 11 is 0. The zero-order valence-electron chi connectivity index (χ0n) is 15.9. The Morgan fingerprint density at radius 2 is 1.96 bits per heavy atom. The smallest absolute Gasteiger partial charge is 0.222 e. The fourth-order valence-electron chi connectivity index (χ4n) is 4.98. The third-order valence-electron chi connectivity index (χ3n) is 6.57. The molecule has 1 aromatic carbocycles. The van der Waals surface area contributed by atoms with Crippen LogP contribution in [0.1, 0.15) is 44.1 Å². The number of carbonyl (C=O) groups excluding carboxylic acids is 1. The second kappa shape index (κ2) is 6.79. The van der Waals surface area contributed by atoms with Crippen LogP contribution in [0.4, 0.5) is 0 Å². The summed E-state index contributed by atoms with van der Waals surface area (Å²) in [5.74, 6) is 0.398. The molecule has 2 saturated heterocycles. The Balaban J connectivity index is 1.25. The first-order valence-corrected chi connectivity index (χ1v) is 10.3. The number of benzene rings is 1. The van der Waals surface area contributed by atoms with E-state index in [2.05, 4.69) is 39.0 Å². The Morgan fingerprint density at radius 3 is 2.70 bits per heavy atom. The van der Waals surface area contributed by atoms with Crippen molar-refractivity contribution < 1.29 is 4.79 Å². The van der Waals surface area contributed by atoms with E-state index in [1.807, 2.05) is 17.1 Å². The number of rotatable bonds is 4. The molecule has 3 aliphatic rings. The molecule has 3 heterocycles. The van der Waals surface area contributed by atoms with Gasteiger partial charge in [-0.05, 0) is 56.3 Å². The fraction of sp³-hybridized carbons (Fsp3) is 0.545. The molecule has 1 unspecified atom stereocenters. The number of nitrogens with zero attached hydrogens (tertiary/aromatic N) is 4. The van der Waals surface area contributed by atoms with Gasteiger partial charge in [0.05, 0.1) is 6.33 Å². The molecule has 0 radical (unpaired) electrons. The summed E-state index contributed by atoms with van der Waals surface area (Å²) in [5.41, 5.74) is 2.84. The summed E-state index contributed by atoms with van der Waals surface area (Å²) in [6.07, 6.45) is 12.4. The molecular weight excluding hydrogens is 336 g/mol. The molecule has 0 N–H and O–H groups in total. The number of piperidine rings is 2. The normalized spacial score (nSPS) is 26.7. The second-order valence-electron chi connectivity index (χ2n) is 8.70. The molecular formula is C22H28N4O. The van der Waals surface area contributed by atoms with Crippen molar-refractivity contribution in [1.82, 2.24) is 19.4 Å². The number of hydrogen-bond donors (Lipinski definition) is 0. The van der Waals surface area contributed by atoms with Gasteiger partial charge in [0.1, 0.15) is 0 Å². The van der Waals surface area contributed by atoms with Gasteiger partial charge >= 0.3 is 0 Å². The summed E-state index contributed by atoms with van der Waals surface area (Å²) in [6, 6.07) is 9.37. The Labute approximate surface area is 161 Å². The van der Waals surface area contributed by atoms with Crippen LogP contribution < -0.4 is 0 Å². The van der Waals surface area contributed by atoms with Crippen LogP contribution in [0.25, 0.3) is 5.69 Å². The average Bonchev–Trinajstić information content (AvgIpc) is 3.38. The number of amides is 1. The average molecular weight is 364 g/mol. The van der Waals surface area contributed by atoms with Crippen molar-refractivity contribution in [2.24, 2.45) is 5.41 Å². The van der Waals surface area contributed by atoms with E-state index in [4.69, 9.17) is 0 Å². The Morgan fingerprint density at radius 1 is 1.11 bits per heavy atom. The summed E-state index contributed by atoms with van der Waals surface area (Å²) < 4.78 is 2.03. The molecule has 1 atom stereocenters. The minimum Gasteiger partial charge on any atom is -0.339 e. The van der Waals surface area contributed by atoms with Crippen molar-refractivity contribution in [2.75, 3.05) is 19.6 Å². The van der Waals surface area contributed by atoms with Crippen molar-refractivity contribution in [2.45, 2.75) is 51.1 Å². The fourth-order valence-corrected chi connectivity index (χ4v) is 4.98. The number of likely N-dealkylation sites (tertiary alicyclic amines) is 2. The van der Waals surface area contributed by atoms with Crippen molar-refractivity contribution >= 4 is 5.91 Å². The van der Waals surface area contributed by atoms with Crippen LogP contribution in [0.3, 0.4) is 0 Å². The van der Waals surface area contributed by atoms with Crippen LogP contribution in [0.2, 0.25) is 0 Å². The highest BCUT2D eigenvalue weighted by atomic mass is 16.2. The monoisotopic (exact) mass is 364 g/mol. The van der Waals surface area contributed by atoms with Gasteiger partial charge in [0, 0.05) is 55.6 Å². The van der Waals surface area contributed by atoms with Gasteiger partial charge in [0.25, 0.3) is 0 Å². The Hall–Kier alpha value is -2.14. The lowest BCUT2D eigenvalue weighted by molar-refractivity contribution is -0.140. The van der Waals surface area contributed by atoms with Gasteiger partial charge in [-0.25, -0.2) is 4.98 Å². The van der Waals surface area contributed by atoms with Crippen molar-refractivity contribution in [3.8, 4) is 5.69 Å². The molecule has 1 aliphatic carbocycles. The predicted molar refractivity (Wildman–Crippen MR) is 104 cm³/mol. The molecule has 2 aromatic rings. The molecule has 1 saturated carbocycles. The van der Waals surface area contributed by atoms with Crippen LogP contribution in [0.15, 0.2) is 43.0 Å². The van der Waals surface area contributed by atoms with Gasteiger partial charge in [0.2, 0.25) is 5.91 Å². The number of hydrogen-bond acceptors (Lipinski definition) is 3. The van der Waals surface area contributed by atoms with E-state index >= 15 is 0 Å². The van der Waals surface area contributed by atoms with Crippen LogP contribution in [-0.4, -0.2) is 50.9 Å². The zero-order valence-corrected chi connectivity index (χ0v) is 15.9. The summed E-state index contributed by atoms with van der Waals surface area (Å²) in [6.45, 7) is 4.30. The van der Waals surface area contributed by atoms with Crippen molar-refractivity contribution in [3.05, 3.63) is 48.5 Å². The van der Waals surface area contributed by atoms with Crippen LogP contribution in [0, 0.1) is 5.41 Å². The van der Waals surface area contributed by atoms with E-state index < -0.39 is 0 Å². The molecule has 5 nitrogen and oxygen atoms in total. The first kappa shape index (κ1) is 17.0. The van der Waals surface area contributed by atoms with Crippen molar-refractivity contribution in [1.29, 1.82) is 0 Å². The summed E-state index contributed by atoms with van der Waals surface area (Å²) in [7, 11) is 0. The molecule has 2 aliphatic heterocycles. The SMILES string of the molecule is O=C1CCC2(CCCN(Cc3ccc(-n4ccnc4)cc3)C2)CN1C1CC1. The maximum Gasteiger partial charge on any atom is 0.222 e. The second-order valence-corrected chi connectivity index (χ2v) is 8.70. The lowest BCUT2D eigenvalue weighted by atomic mass is 9.73. The maximum absolute atomic E-state index is 12.3. The van der Waals surface area contributed by atoms with Gasteiger partial charge in [0.15, 0.2) is 0 Å². The molecule has 1 spiro atoms. The predicted octanol–water partition coefficient (Wildman–Crippen LogP) is 3.24. The zero-order chi connectivity index (χ0) is 18.3. The molecule has 27 heavy (non-hydrogen) atoms. The maximum atomic E-state index is 12.3. The quantitative estimate of drug-likeness (QED) is 0.836. The summed E-state index contributed by atoms with van der Waals surface area (Å²) in [4.78, 5) is 21.3. The molecule has 142 valence electrons. The van der Waals surface area contributed by atoms with E-state index in [0.717, 1.165) is 38.2 Å². The minimum absolute atomic E-state index is 0.325. The van der Waals surface area contributed by atoms with Crippen molar-refractivity contribution in [3.63, 3.8) is 0 Å². The Bertz CT molecular complexity index is 796. The summed E-state index contributed by atoms with van der Waals surface area (Å²) in [5, 5.41) is 0. The number of imidazole rings is 1. The highest BCUT2D eigenvalue weighted by Gasteiger charge is 2.45. The van der Waals surface area contributed by atoms with E-state index in [9.17, 15) is 4.79 Å². The van der Waals surface area contributed by atoms with Gasteiger partial charge < -0.3 is 9.47 Å². The van der Waals surface area contributed by atoms with Gasteiger partial charge in [-0.1, -0.05) is 12.1 Å². The highest BCUT2D eigenvalue weighted by Crippen LogP contribution is 2.42. The first-order valence-electron chi connectivity index (χ1n) is 10.3. The third-order valence-corrected chi connectivity index (χ3v) is 6.57. The van der Waals surface area contributed by atoms with Crippen LogP contribution in [-0.2, 0) is 11.3 Å². The lowest BCUT2D eigenvalue weighted by Gasteiger charge is -2.48. The molecule has 1 aromatic heterocycles. The number of carbonyl (C=O) groups is 1. The molecule has 0 bridgehead atoms. The number of aromatic nitrogens is 2. The largest absolute Gasteiger partial charge is 0.339 e. The highest BCUT2D eigenvalue weighted by molar-refractivity contribution is 5.78. The first-order chi connectivity index (χ1) is 13.2. The van der Waals surface area contributed by atoms with Crippen LogP contribution in [0.5, 0.6) is 0 Å². The van der Waals surface area contributed by atoms with E-state index in [1.165, 1.54) is 37.8 Å². The molecule has 1 amide bonds.